The van der Waals surface area contributed by atoms with Gasteiger partial charge in [-0.25, -0.2) is 0 Å². The van der Waals surface area contributed by atoms with Crippen LogP contribution in [0.1, 0.15) is 79.1 Å². The molecular formula is C16H28O4Zr. The van der Waals surface area contributed by atoms with Crippen LogP contribution < -0.4 is 0 Å². The van der Waals surface area contributed by atoms with Gasteiger partial charge in [-0.15, -0.1) is 0 Å². The minimum atomic E-state index is -4.79. The average Bonchev–Trinajstić information content (AvgIpc) is 2.40. The number of hydrogen-bond acceptors (Lipinski definition) is 4. The van der Waals surface area contributed by atoms with Gasteiger partial charge >= 0.3 is 132 Å². The monoisotopic (exact) mass is 374 g/mol. The van der Waals surface area contributed by atoms with Gasteiger partial charge in [0.1, 0.15) is 0 Å². The van der Waals surface area contributed by atoms with Crippen molar-refractivity contribution in [2.24, 2.45) is 0 Å². The van der Waals surface area contributed by atoms with Crippen LogP contribution in [0.2, 0.25) is 0 Å². The third-order valence-corrected chi connectivity index (χ3v) is 14.3. The molecule has 4 nitrogen and oxygen atoms in total. The first kappa shape index (κ1) is 20.6. The summed E-state index contributed by atoms with van der Waals surface area (Å²) in [5.41, 5.74) is 0. The van der Waals surface area contributed by atoms with Gasteiger partial charge in [-0.2, -0.15) is 0 Å². The van der Waals surface area contributed by atoms with Crippen LogP contribution in [0.5, 0.6) is 0 Å². The van der Waals surface area contributed by atoms with E-state index in [1.54, 1.807) is 0 Å². The van der Waals surface area contributed by atoms with Gasteiger partial charge in [0.25, 0.3) is 0 Å². The summed E-state index contributed by atoms with van der Waals surface area (Å²) < 4.78 is -1.16. The first-order valence-electron chi connectivity index (χ1n) is 8.06. The number of rotatable bonds is 12. The van der Waals surface area contributed by atoms with Gasteiger partial charge in [-0.3, -0.25) is 0 Å². The molecule has 0 fully saturated rings. The Morgan fingerprint density at radius 3 is 0.857 bits per heavy atom. The summed E-state index contributed by atoms with van der Waals surface area (Å²) in [6.45, 7) is 7.36. The number of carbonyl (C=O) groups is 4. The van der Waals surface area contributed by atoms with Gasteiger partial charge in [0, 0.05) is 0 Å². The van der Waals surface area contributed by atoms with Gasteiger partial charge in [0.05, 0.1) is 0 Å². The van der Waals surface area contributed by atoms with E-state index in [1.807, 2.05) is 27.7 Å². The minimum absolute atomic E-state index is 0.191. The van der Waals surface area contributed by atoms with Crippen LogP contribution in [0.4, 0.5) is 0 Å². The summed E-state index contributed by atoms with van der Waals surface area (Å²) in [4.78, 5) is 50.6. The predicted octanol–water partition coefficient (Wildman–Crippen LogP) is 3.45. The maximum atomic E-state index is 12.6. The van der Waals surface area contributed by atoms with Gasteiger partial charge in [-0.05, 0) is 0 Å². The Hall–Kier alpha value is -0.437. The third kappa shape index (κ3) is 4.77. The van der Waals surface area contributed by atoms with Gasteiger partial charge < -0.3 is 0 Å². The molecule has 120 valence electrons. The molecule has 0 amide bonds. The SMILES string of the molecule is CCC[C](=O)[Zr]([C](=O)CCC)([C](=O)CCC)[C](=O)CCC. The molecule has 0 radical (unpaired) electrons. The third-order valence-electron chi connectivity index (χ3n) is 3.58. The van der Waals surface area contributed by atoms with Crippen molar-refractivity contribution >= 4 is 14.0 Å². The molecule has 0 bridgehead atoms. The topological polar surface area (TPSA) is 68.3 Å². The normalized spacial score (nSPS) is 11.2. The van der Waals surface area contributed by atoms with E-state index >= 15 is 0 Å². The van der Waals surface area contributed by atoms with Crippen molar-refractivity contribution in [1.29, 1.82) is 0 Å². The Morgan fingerprint density at radius 1 is 0.524 bits per heavy atom. The van der Waals surface area contributed by atoms with E-state index in [2.05, 4.69) is 0 Å². The van der Waals surface area contributed by atoms with Gasteiger partial charge in [0.2, 0.25) is 0 Å². The summed E-state index contributed by atoms with van der Waals surface area (Å²) in [7, 11) is 0. The van der Waals surface area contributed by atoms with Crippen LogP contribution in [-0.2, 0) is 39.4 Å². The van der Waals surface area contributed by atoms with Crippen molar-refractivity contribution in [3.63, 3.8) is 0 Å². The van der Waals surface area contributed by atoms with Crippen LogP contribution in [-0.4, -0.2) is 14.0 Å². The second-order valence-electron chi connectivity index (χ2n) is 5.44. The maximum absolute atomic E-state index is 12.6. The van der Waals surface area contributed by atoms with E-state index in [9.17, 15) is 19.2 Å². The summed E-state index contributed by atoms with van der Waals surface area (Å²) in [5, 5.41) is 0. The zero-order chi connectivity index (χ0) is 16.5. The fraction of sp³-hybridized carbons (Fsp3) is 0.750. The Morgan fingerprint density at radius 2 is 0.714 bits per heavy atom. The molecule has 0 atom stereocenters. The molecule has 0 aromatic heterocycles. The standard InChI is InChI=1S/4C4H7O.Zr/c4*1-2-3-4-5;/h4*2-3H2,1H3;. The zero-order valence-corrected chi connectivity index (χ0v) is 16.2. The molecule has 0 saturated carbocycles. The van der Waals surface area contributed by atoms with Crippen molar-refractivity contribution in [3.05, 3.63) is 0 Å². The average molecular weight is 376 g/mol. The van der Waals surface area contributed by atoms with Crippen LogP contribution in [0, 0.1) is 0 Å². The molecule has 0 heterocycles. The molecular weight excluding hydrogens is 347 g/mol. The molecule has 0 N–H and O–H groups in total. The predicted molar refractivity (Wildman–Crippen MR) is 79.7 cm³/mol. The molecule has 0 aromatic carbocycles. The first-order valence-corrected chi connectivity index (χ1v) is 13.0. The van der Waals surface area contributed by atoms with Crippen molar-refractivity contribution in [3.8, 4) is 0 Å². The van der Waals surface area contributed by atoms with Crippen molar-refractivity contribution in [1.82, 2.24) is 0 Å². The van der Waals surface area contributed by atoms with Crippen molar-refractivity contribution < 1.29 is 39.4 Å². The number of carbonyl (C=O) groups excluding carboxylic acids is 4. The van der Waals surface area contributed by atoms with Crippen LogP contribution >= 0.6 is 0 Å². The van der Waals surface area contributed by atoms with Crippen molar-refractivity contribution in [2.75, 3.05) is 0 Å². The van der Waals surface area contributed by atoms with Gasteiger partial charge in [-0.1, -0.05) is 0 Å². The summed E-state index contributed by atoms with van der Waals surface area (Å²) in [5.74, 6) is 0. The van der Waals surface area contributed by atoms with E-state index in [4.69, 9.17) is 0 Å². The Bertz CT molecular complexity index is 324. The molecule has 0 saturated heterocycles. The molecule has 5 heteroatoms. The zero-order valence-electron chi connectivity index (χ0n) is 13.8. The molecule has 21 heavy (non-hydrogen) atoms. The molecule has 0 rings (SSSR count). The molecule has 0 spiro atoms. The van der Waals surface area contributed by atoms with Crippen LogP contribution in [0.3, 0.4) is 0 Å². The summed E-state index contributed by atoms with van der Waals surface area (Å²) in [6.07, 6.45) is 3.08. The first-order chi connectivity index (χ1) is 9.93. The second kappa shape index (κ2) is 10.3. The summed E-state index contributed by atoms with van der Waals surface area (Å²) in [6, 6.07) is 0. The Balaban J connectivity index is 5.93. The Labute approximate surface area is 132 Å². The second-order valence-corrected chi connectivity index (χ2v) is 14.6. The van der Waals surface area contributed by atoms with E-state index in [-0.39, 0.29) is 39.6 Å². The van der Waals surface area contributed by atoms with E-state index < -0.39 is 20.3 Å². The van der Waals surface area contributed by atoms with Crippen molar-refractivity contribution in [2.45, 2.75) is 79.1 Å². The molecule has 0 aromatic rings. The molecule has 0 unspecified atom stereocenters. The fourth-order valence-corrected chi connectivity index (χ4v) is 13.3. The van der Waals surface area contributed by atoms with E-state index in [1.165, 1.54) is 0 Å². The fourth-order valence-electron chi connectivity index (χ4n) is 2.59. The summed E-state index contributed by atoms with van der Waals surface area (Å²) >= 11 is -4.79. The quantitative estimate of drug-likeness (QED) is 0.524. The molecule has 0 aliphatic heterocycles. The molecule has 0 aliphatic rings. The number of hydrogen-bond donors (Lipinski definition) is 0. The van der Waals surface area contributed by atoms with E-state index in [0.717, 1.165) is 0 Å². The van der Waals surface area contributed by atoms with Crippen LogP contribution in [0.25, 0.3) is 0 Å². The Kier molecular flexibility index (Phi) is 10.1. The van der Waals surface area contributed by atoms with E-state index in [0.29, 0.717) is 25.7 Å². The van der Waals surface area contributed by atoms with Gasteiger partial charge in [0.15, 0.2) is 0 Å². The molecule has 0 aliphatic carbocycles. The van der Waals surface area contributed by atoms with Crippen LogP contribution in [0.15, 0.2) is 0 Å².